The Morgan fingerprint density at radius 2 is 2.11 bits per heavy atom. The quantitative estimate of drug-likeness (QED) is 0.811. The summed E-state index contributed by atoms with van der Waals surface area (Å²) < 4.78 is 10.8. The van der Waals surface area contributed by atoms with Crippen LogP contribution in [-0.4, -0.2) is 31.3 Å². The van der Waals surface area contributed by atoms with E-state index in [1.807, 2.05) is 38.1 Å². The van der Waals surface area contributed by atoms with Gasteiger partial charge in [0.05, 0.1) is 19.8 Å². The van der Waals surface area contributed by atoms with Crippen LogP contribution < -0.4 is 10.1 Å². The molecule has 0 fully saturated rings. The number of hydrogen-bond acceptors (Lipinski definition) is 4. The molecule has 0 aliphatic rings. The molecule has 0 aliphatic carbocycles. The largest absolute Gasteiger partial charge is 0.497 e. The highest BCUT2D eigenvalue weighted by molar-refractivity contribution is 5.92. The van der Waals surface area contributed by atoms with Crippen molar-refractivity contribution in [3.05, 3.63) is 30.5 Å². The molecule has 0 aliphatic heterocycles. The monoisotopic (exact) mass is 260 g/mol. The predicted molar refractivity (Wildman–Crippen MR) is 77.9 cm³/mol. The third-order valence-electron chi connectivity index (χ3n) is 2.82. The molecule has 19 heavy (non-hydrogen) atoms. The second-order valence-corrected chi connectivity index (χ2v) is 4.59. The number of methoxy groups -OCH3 is 1. The molecule has 2 rings (SSSR count). The van der Waals surface area contributed by atoms with Crippen LogP contribution in [-0.2, 0) is 4.74 Å². The van der Waals surface area contributed by atoms with Crippen molar-refractivity contribution in [2.75, 3.05) is 25.6 Å². The van der Waals surface area contributed by atoms with Crippen molar-refractivity contribution >= 4 is 16.6 Å². The van der Waals surface area contributed by atoms with Gasteiger partial charge in [-0.15, -0.1) is 0 Å². The molecule has 0 spiro atoms. The minimum atomic E-state index is 0.252. The molecule has 0 bridgehead atoms. The lowest BCUT2D eigenvalue weighted by Gasteiger charge is -2.11. The topological polar surface area (TPSA) is 43.4 Å². The normalized spacial score (nSPS) is 10.9. The molecule has 1 heterocycles. The van der Waals surface area contributed by atoms with E-state index in [9.17, 15) is 0 Å². The fraction of sp³-hybridized carbons (Fsp3) is 0.400. The van der Waals surface area contributed by atoms with E-state index in [1.165, 1.54) is 0 Å². The molecule has 0 atom stereocenters. The first-order valence-corrected chi connectivity index (χ1v) is 6.49. The number of aromatic nitrogens is 1. The summed E-state index contributed by atoms with van der Waals surface area (Å²) >= 11 is 0. The van der Waals surface area contributed by atoms with Gasteiger partial charge in [0.15, 0.2) is 0 Å². The van der Waals surface area contributed by atoms with Crippen LogP contribution in [0, 0.1) is 0 Å². The van der Waals surface area contributed by atoms with E-state index in [4.69, 9.17) is 9.47 Å². The maximum absolute atomic E-state index is 5.51. The number of hydrogen-bond donors (Lipinski definition) is 1. The Bertz CT molecular complexity index is 541. The second kappa shape index (κ2) is 6.38. The van der Waals surface area contributed by atoms with Crippen molar-refractivity contribution < 1.29 is 9.47 Å². The molecule has 0 unspecified atom stereocenters. The van der Waals surface area contributed by atoms with E-state index in [-0.39, 0.29) is 6.10 Å². The first-order valence-electron chi connectivity index (χ1n) is 6.49. The molecule has 1 N–H and O–H groups in total. The molecular weight excluding hydrogens is 240 g/mol. The van der Waals surface area contributed by atoms with Gasteiger partial charge in [0.2, 0.25) is 0 Å². The summed E-state index contributed by atoms with van der Waals surface area (Å²) in [6.07, 6.45) is 2.06. The Balaban J connectivity index is 2.13. The Hall–Kier alpha value is -1.81. The van der Waals surface area contributed by atoms with Crippen LogP contribution in [0.3, 0.4) is 0 Å². The van der Waals surface area contributed by atoms with E-state index in [0.29, 0.717) is 6.61 Å². The van der Waals surface area contributed by atoms with E-state index in [2.05, 4.69) is 10.3 Å². The lowest BCUT2D eigenvalue weighted by atomic mass is 10.1. The Morgan fingerprint density at radius 1 is 1.26 bits per heavy atom. The van der Waals surface area contributed by atoms with Crippen molar-refractivity contribution in [3.63, 3.8) is 0 Å². The zero-order valence-corrected chi connectivity index (χ0v) is 11.6. The highest BCUT2D eigenvalue weighted by atomic mass is 16.5. The van der Waals surface area contributed by atoms with Gasteiger partial charge in [0.25, 0.3) is 0 Å². The smallest absolute Gasteiger partial charge is 0.134 e. The van der Waals surface area contributed by atoms with Crippen LogP contribution in [0.25, 0.3) is 10.8 Å². The number of ether oxygens (including phenoxy) is 2. The van der Waals surface area contributed by atoms with Gasteiger partial charge in [-0.25, -0.2) is 4.98 Å². The summed E-state index contributed by atoms with van der Waals surface area (Å²) in [7, 11) is 1.67. The number of fused-ring (bicyclic) bond motifs is 1. The van der Waals surface area contributed by atoms with Crippen molar-refractivity contribution in [1.82, 2.24) is 4.98 Å². The molecule has 4 nitrogen and oxygen atoms in total. The van der Waals surface area contributed by atoms with Crippen molar-refractivity contribution in [3.8, 4) is 5.75 Å². The Kier molecular flexibility index (Phi) is 4.58. The third kappa shape index (κ3) is 3.58. The maximum Gasteiger partial charge on any atom is 0.134 e. The van der Waals surface area contributed by atoms with Crippen LogP contribution in [0.1, 0.15) is 13.8 Å². The van der Waals surface area contributed by atoms with Crippen LogP contribution in [0.4, 0.5) is 5.82 Å². The summed E-state index contributed by atoms with van der Waals surface area (Å²) in [6, 6.07) is 7.97. The summed E-state index contributed by atoms with van der Waals surface area (Å²) in [6.45, 7) is 5.46. The van der Waals surface area contributed by atoms with Crippen molar-refractivity contribution in [2.24, 2.45) is 0 Å². The van der Waals surface area contributed by atoms with E-state index in [0.717, 1.165) is 28.9 Å². The van der Waals surface area contributed by atoms with E-state index < -0.39 is 0 Å². The van der Waals surface area contributed by atoms with E-state index in [1.54, 1.807) is 13.3 Å². The van der Waals surface area contributed by atoms with Gasteiger partial charge in [-0.05, 0) is 37.4 Å². The molecule has 2 aromatic rings. The van der Waals surface area contributed by atoms with Gasteiger partial charge >= 0.3 is 0 Å². The van der Waals surface area contributed by atoms with E-state index >= 15 is 0 Å². The van der Waals surface area contributed by atoms with Crippen LogP contribution in [0.2, 0.25) is 0 Å². The minimum absolute atomic E-state index is 0.252. The first-order chi connectivity index (χ1) is 9.20. The standard InChI is InChI=1S/C15H20N2O2/c1-11(2)19-9-8-17-15-14-10-13(18-3)5-4-12(14)6-7-16-15/h4-7,10-11H,8-9H2,1-3H3,(H,16,17). The summed E-state index contributed by atoms with van der Waals surface area (Å²) in [4.78, 5) is 4.38. The maximum atomic E-state index is 5.51. The molecule has 4 heteroatoms. The summed E-state index contributed by atoms with van der Waals surface area (Å²) in [5, 5.41) is 5.51. The highest BCUT2D eigenvalue weighted by Gasteiger charge is 2.03. The molecule has 0 saturated carbocycles. The van der Waals surface area contributed by atoms with Crippen LogP contribution in [0.15, 0.2) is 30.5 Å². The average Bonchev–Trinajstić information content (AvgIpc) is 2.43. The fourth-order valence-corrected chi connectivity index (χ4v) is 1.88. The second-order valence-electron chi connectivity index (χ2n) is 4.59. The minimum Gasteiger partial charge on any atom is -0.497 e. The SMILES string of the molecule is COc1ccc2ccnc(NCCOC(C)C)c2c1. The zero-order valence-electron chi connectivity index (χ0n) is 11.6. The fourth-order valence-electron chi connectivity index (χ4n) is 1.88. The first kappa shape index (κ1) is 13.6. The number of nitrogens with zero attached hydrogens (tertiary/aromatic N) is 1. The molecule has 0 radical (unpaired) electrons. The number of nitrogens with one attached hydrogen (secondary N) is 1. The van der Waals surface area contributed by atoms with Gasteiger partial charge in [0, 0.05) is 18.1 Å². The Labute approximate surface area is 113 Å². The number of benzene rings is 1. The number of pyridine rings is 1. The molecule has 0 saturated heterocycles. The molecule has 102 valence electrons. The van der Waals surface area contributed by atoms with Gasteiger partial charge in [-0.2, -0.15) is 0 Å². The van der Waals surface area contributed by atoms with Gasteiger partial charge < -0.3 is 14.8 Å². The highest BCUT2D eigenvalue weighted by Crippen LogP contribution is 2.25. The van der Waals surface area contributed by atoms with Gasteiger partial charge in [-0.1, -0.05) is 6.07 Å². The number of anilines is 1. The molecular formula is C15H20N2O2. The van der Waals surface area contributed by atoms with Crippen LogP contribution >= 0.6 is 0 Å². The van der Waals surface area contributed by atoms with Crippen molar-refractivity contribution in [2.45, 2.75) is 20.0 Å². The molecule has 0 amide bonds. The lowest BCUT2D eigenvalue weighted by Crippen LogP contribution is -2.13. The number of rotatable bonds is 6. The van der Waals surface area contributed by atoms with Gasteiger partial charge in [-0.3, -0.25) is 0 Å². The predicted octanol–water partition coefficient (Wildman–Crippen LogP) is 3.08. The third-order valence-corrected chi connectivity index (χ3v) is 2.82. The average molecular weight is 260 g/mol. The Morgan fingerprint density at radius 3 is 2.84 bits per heavy atom. The summed E-state index contributed by atoms with van der Waals surface area (Å²) in [5.41, 5.74) is 0. The molecule has 1 aromatic carbocycles. The van der Waals surface area contributed by atoms with Crippen LogP contribution in [0.5, 0.6) is 5.75 Å². The van der Waals surface area contributed by atoms with Crippen molar-refractivity contribution in [1.29, 1.82) is 0 Å². The zero-order chi connectivity index (χ0) is 13.7. The van der Waals surface area contributed by atoms with Gasteiger partial charge in [0.1, 0.15) is 11.6 Å². The summed E-state index contributed by atoms with van der Waals surface area (Å²) in [5.74, 6) is 1.70. The molecule has 1 aromatic heterocycles. The lowest BCUT2D eigenvalue weighted by molar-refractivity contribution is 0.0870.